The number of ether oxygens (including phenoxy) is 1. The number of rotatable bonds is 10. The van der Waals surface area contributed by atoms with E-state index in [0.717, 1.165) is 116 Å². The molecule has 370 valence electrons. The summed E-state index contributed by atoms with van der Waals surface area (Å²) in [6.07, 6.45) is 11.2. The van der Waals surface area contributed by atoms with Gasteiger partial charge in [0, 0.05) is 74.3 Å². The predicted molar refractivity (Wildman–Crippen MR) is 301 cm³/mol. The van der Waals surface area contributed by atoms with Crippen molar-refractivity contribution in [3.63, 3.8) is 0 Å². The maximum absolute atomic E-state index is 13.7. The molecule has 0 N–H and O–H groups in total. The van der Waals surface area contributed by atoms with E-state index in [1.165, 1.54) is 38.9 Å². The average Bonchev–Trinajstić information content (AvgIpc) is 3.72. The van der Waals surface area contributed by atoms with Crippen LogP contribution in [-0.4, -0.2) is 30.9 Å². The molecule has 0 saturated heterocycles. The van der Waals surface area contributed by atoms with E-state index < -0.39 is 0 Å². The van der Waals surface area contributed by atoms with Gasteiger partial charge in [0.05, 0.1) is 12.8 Å². The van der Waals surface area contributed by atoms with E-state index in [1.54, 1.807) is 13.3 Å². The summed E-state index contributed by atoms with van der Waals surface area (Å²) in [5.74, 6) is 0.779. The molecule has 12 rings (SSSR count). The number of benzene rings is 5. The Morgan fingerprint density at radius 3 is 1.46 bits per heavy atom. The number of nitrogens with zero attached hydrogens (tertiary/aromatic N) is 5. The molecule has 5 aromatic heterocycles. The number of hydrogen-bond acceptors (Lipinski definition) is 6. The Morgan fingerprint density at radius 2 is 0.959 bits per heavy atom. The molecule has 0 aliphatic heterocycles. The molecule has 0 atom stereocenters. The molecule has 0 saturated carbocycles. The van der Waals surface area contributed by atoms with Gasteiger partial charge in [0.25, 0.3) is 11.1 Å². The lowest BCUT2D eigenvalue weighted by Crippen LogP contribution is -2.26. The van der Waals surface area contributed by atoms with Gasteiger partial charge in [-0.3, -0.25) is 14.6 Å². The maximum atomic E-state index is 13.7. The standard InChI is InChI=1S/C66H63N5O3/c1-63(2)38-65(5,6)57-55(63)61(72)68-59-52-24-18-40(33-46(52)27-30-70(57)59)14-16-42-32-43(36-48(35-42)51-13-11-10-12-50(51)44-20-22-45(23-21-44)54-37-49(74-9)26-29-67-54)17-15-41-19-25-53-47(34-41)28-31-71-58-56(62(73)69-60(53)71)64(3,4)39-66(58,7)8/h10-13,18-37H,14-17,38-39H2,1-9H3. The number of fused-ring (bicyclic) bond motifs is 10. The summed E-state index contributed by atoms with van der Waals surface area (Å²) in [6, 6.07) is 46.0. The number of methoxy groups -OCH3 is 1. The van der Waals surface area contributed by atoms with Crippen LogP contribution in [0.15, 0.2) is 156 Å². The van der Waals surface area contributed by atoms with Crippen molar-refractivity contribution in [1.82, 2.24) is 23.8 Å². The molecular formula is C66H63N5O3. The highest BCUT2D eigenvalue weighted by Crippen LogP contribution is 2.49. The Bertz CT molecular complexity index is 3870. The van der Waals surface area contributed by atoms with Crippen LogP contribution in [0.4, 0.5) is 0 Å². The van der Waals surface area contributed by atoms with Gasteiger partial charge in [0.1, 0.15) is 17.0 Å². The number of pyridine rings is 3. The Labute approximate surface area is 432 Å². The zero-order chi connectivity index (χ0) is 51.5. The van der Waals surface area contributed by atoms with Crippen molar-refractivity contribution >= 4 is 32.8 Å². The lowest BCUT2D eigenvalue weighted by molar-refractivity contribution is 0.397. The van der Waals surface area contributed by atoms with Gasteiger partial charge in [-0.15, -0.1) is 0 Å². The molecule has 0 radical (unpaired) electrons. The Balaban J connectivity index is 0.882. The summed E-state index contributed by atoms with van der Waals surface area (Å²) in [6.45, 7) is 17.7. The summed E-state index contributed by atoms with van der Waals surface area (Å²) in [5.41, 5.74) is 16.0. The SMILES string of the molecule is COc1ccnc(-c2ccc(-c3ccccc3-c3cc(CCc4ccc5c(ccn6c7c(c(=O)nc56)C(C)(C)CC7(C)C)c4)cc(CCc4ccc5c(ccn6c7c(c(=O)nc56)C(C)(C)CC7(C)C)c4)c3)cc2)c1. The molecule has 0 fully saturated rings. The number of hydrogen-bond donors (Lipinski definition) is 0. The average molecular weight is 974 g/mol. The van der Waals surface area contributed by atoms with E-state index in [-0.39, 0.29) is 32.8 Å². The molecule has 0 unspecified atom stereocenters. The third-order valence-electron chi connectivity index (χ3n) is 16.3. The van der Waals surface area contributed by atoms with Crippen LogP contribution in [0.3, 0.4) is 0 Å². The number of aryl methyl sites for hydroxylation is 4. The normalized spacial score (nSPS) is 16.0. The Hall–Kier alpha value is -7.71. The number of aromatic nitrogens is 5. The third kappa shape index (κ3) is 8.01. The fraction of sp³-hybridized carbons (Fsp3) is 0.288. The van der Waals surface area contributed by atoms with E-state index >= 15 is 0 Å². The van der Waals surface area contributed by atoms with Crippen LogP contribution in [0.1, 0.15) is 113 Å². The van der Waals surface area contributed by atoms with Crippen molar-refractivity contribution in [2.24, 2.45) is 0 Å². The zero-order valence-electron chi connectivity index (χ0n) is 44.1. The fourth-order valence-corrected chi connectivity index (χ4v) is 13.7. The van der Waals surface area contributed by atoms with Crippen LogP contribution in [0.25, 0.3) is 66.4 Å². The lowest BCUT2D eigenvalue weighted by Gasteiger charge is -2.22. The minimum atomic E-state index is -0.228. The summed E-state index contributed by atoms with van der Waals surface area (Å²) in [4.78, 5) is 41.5. The molecule has 2 aliphatic rings. The highest BCUT2D eigenvalue weighted by molar-refractivity contribution is 5.95. The van der Waals surface area contributed by atoms with Crippen molar-refractivity contribution < 1.29 is 4.74 Å². The molecule has 10 aromatic rings. The van der Waals surface area contributed by atoms with Gasteiger partial charge in [-0.05, 0) is 123 Å². The second kappa shape index (κ2) is 17.2. The lowest BCUT2D eigenvalue weighted by atomic mass is 9.82. The van der Waals surface area contributed by atoms with Gasteiger partial charge >= 0.3 is 0 Å². The minimum Gasteiger partial charge on any atom is -0.497 e. The summed E-state index contributed by atoms with van der Waals surface area (Å²) in [7, 11) is 1.68. The Kier molecular flexibility index (Phi) is 11.0. The van der Waals surface area contributed by atoms with Crippen molar-refractivity contribution in [2.75, 3.05) is 7.11 Å². The summed E-state index contributed by atoms with van der Waals surface area (Å²) < 4.78 is 9.84. The predicted octanol–water partition coefficient (Wildman–Crippen LogP) is 13.9. The maximum Gasteiger partial charge on any atom is 0.277 e. The topological polar surface area (TPSA) is 90.9 Å². The van der Waals surface area contributed by atoms with Crippen LogP contribution < -0.4 is 15.9 Å². The highest BCUT2D eigenvalue weighted by Gasteiger charge is 2.47. The largest absolute Gasteiger partial charge is 0.497 e. The first kappa shape index (κ1) is 47.3. The molecule has 0 bridgehead atoms. The highest BCUT2D eigenvalue weighted by atomic mass is 16.5. The van der Waals surface area contributed by atoms with Crippen LogP contribution in [-0.2, 0) is 47.3 Å². The van der Waals surface area contributed by atoms with Gasteiger partial charge in [0.2, 0.25) is 0 Å². The van der Waals surface area contributed by atoms with Crippen molar-refractivity contribution in [3.05, 3.63) is 211 Å². The quantitative estimate of drug-likeness (QED) is 0.127. The summed E-state index contributed by atoms with van der Waals surface area (Å²) >= 11 is 0. The third-order valence-corrected chi connectivity index (χ3v) is 16.3. The van der Waals surface area contributed by atoms with Gasteiger partial charge in [-0.1, -0.05) is 159 Å². The monoisotopic (exact) mass is 973 g/mol. The van der Waals surface area contributed by atoms with Crippen LogP contribution in [0.5, 0.6) is 5.75 Å². The second-order valence-corrected chi connectivity index (χ2v) is 23.8. The molecular weight excluding hydrogens is 911 g/mol. The van der Waals surface area contributed by atoms with Crippen molar-refractivity contribution in [1.29, 1.82) is 0 Å². The van der Waals surface area contributed by atoms with E-state index in [4.69, 9.17) is 14.7 Å². The van der Waals surface area contributed by atoms with Gasteiger partial charge in [-0.25, -0.2) is 0 Å². The van der Waals surface area contributed by atoms with Gasteiger partial charge < -0.3 is 13.5 Å². The molecule has 0 amide bonds. The van der Waals surface area contributed by atoms with E-state index in [1.807, 2.05) is 12.1 Å². The first-order chi connectivity index (χ1) is 35.4. The summed E-state index contributed by atoms with van der Waals surface area (Å²) in [5, 5.41) is 4.16. The smallest absolute Gasteiger partial charge is 0.277 e. The minimum absolute atomic E-state index is 0.104. The first-order valence-electron chi connectivity index (χ1n) is 26.2. The van der Waals surface area contributed by atoms with Crippen molar-refractivity contribution in [3.8, 4) is 39.3 Å². The fourth-order valence-electron chi connectivity index (χ4n) is 13.7. The second-order valence-electron chi connectivity index (χ2n) is 23.8. The molecule has 5 heterocycles. The molecule has 74 heavy (non-hydrogen) atoms. The van der Waals surface area contributed by atoms with E-state index in [2.05, 4.69) is 197 Å². The van der Waals surface area contributed by atoms with Gasteiger partial charge in [0.15, 0.2) is 0 Å². The van der Waals surface area contributed by atoms with Gasteiger partial charge in [-0.2, -0.15) is 9.97 Å². The van der Waals surface area contributed by atoms with Crippen LogP contribution in [0.2, 0.25) is 0 Å². The Morgan fingerprint density at radius 1 is 0.486 bits per heavy atom. The van der Waals surface area contributed by atoms with Crippen LogP contribution >= 0.6 is 0 Å². The van der Waals surface area contributed by atoms with Crippen LogP contribution in [0, 0.1) is 0 Å². The zero-order valence-corrected chi connectivity index (χ0v) is 44.1. The molecule has 8 nitrogen and oxygen atoms in total. The van der Waals surface area contributed by atoms with Crippen molar-refractivity contribution in [2.45, 2.75) is 116 Å². The molecule has 8 heteroatoms. The molecule has 0 spiro atoms. The molecule has 5 aromatic carbocycles. The van der Waals surface area contributed by atoms with E-state index in [9.17, 15) is 9.59 Å². The molecule has 2 aliphatic carbocycles. The van der Waals surface area contributed by atoms with E-state index in [0.29, 0.717) is 0 Å². The first-order valence-corrected chi connectivity index (χ1v) is 26.2.